The van der Waals surface area contributed by atoms with E-state index in [0.717, 1.165) is 6.26 Å². The lowest BCUT2D eigenvalue weighted by Crippen LogP contribution is -2.26. The molecule has 1 aromatic carbocycles. The maximum absolute atomic E-state index is 11.9. The molecule has 0 saturated carbocycles. The third kappa shape index (κ3) is 3.24. The summed E-state index contributed by atoms with van der Waals surface area (Å²) in [5.74, 6) is -0.201. The summed E-state index contributed by atoms with van der Waals surface area (Å²) in [5.41, 5.74) is 5.77. The number of hydrogen-bond donors (Lipinski definition) is 1. The van der Waals surface area contributed by atoms with Crippen molar-refractivity contribution in [2.24, 2.45) is 5.73 Å². The highest BCUT2D eigenvalue weighted by atomic mass is 32.2. The van der Waals surface area contributed by atoms with Crippen molar-refractivity contribution >= 4 is 15.6 Å². The minimum atomic E-state index is -3.54. The number of methoxy groups -OCH3 is 2. The molecule has 1 atom stereocenters. The normalized spacial score (nSPS) is 12.9. The van der Waals surface area contributed by atoms with Gasteiger partial charge in [-0.05, 0) is 19.1 Å². The van der Waals surface area contributed by atoms with E-state index in [1.807, 2.05) is 0 Å². The number of carbonyl (C=O) groups is 1. The number of carbonyl (C=O) groups excluding carboxylic acids is 1. The number of benzene rings is 1. The van der Waals surface area contributed by atoms with Crippen molar-refractivity contribution in [3.05, 3.63) is 17.7 Å². The van der Waals surface area contributed by atoms with Crippen LogP contribution < -0.4 is 15.2 Å². The maximum Gasteiger partial charge on any atom is 0.182 e. The van der Waals surface area contributed by atoms with E-state index in [1.54, 1.807) is 6.92 Å². The summed E-state index contributed by atoms with van der Waals surface area (Å²) in [6, 6.07) is 2.01. The molecule has 19 heavy (non-hydrogen) atoms. The van der Waals surface area contributed by atoms with Crippen LogP contribution in [0.5, 0.6) is 11.5 Å². The Morgan fingerprint density at radius 2 is 1.63 bits per heavy atom. The van der Waals surface area contributed by atoms with Crippen molar-refractivity contribution in [3.63, 3.8) is 0 Å². The van der Waals surface area contributed by atoms with E-state index in [1.165, 1.54) is 26.4 Å². The molecule has 0 saturated heterocycles. The second kappa shape index (κ2) is 5.58. The average Bonchev–Trinajstić information content (AvgIpc) is 2.34. The number of hydrogen-bond acceptors (Lipinski definition) is 6. The Kier molecular flexibility index (Phi) is 4.54. The van der Waals surface area contributed by atoms with E-state index in [2.05, 4.69) is 0 Å². The fourth-order valence-electron chi connectivity index (χ4n) is 1.65. The minimum Gasteiger partial charge on any atom is -0.495 e. The fourth-order valence-corrected chi connectivity index (χ4v) is 2.67. The van der Waals surface area contributed by atoms with Crippen LogP contribution >= 0.6 is 0 Å². The molecule has 0 aliphatic carbocycles. The molecule has 106 valence electrons. The van der Waals surface area contributed by atoms with Crippen LogP contribution in [0.15, 0.2) is 17.0 Å². The van der Waals surface area contributed by atoms with E-state index in [-0.39, 0.29) is 27.7 Å². The third-order valence-electron chi connectivity index (χ3n) is 2.53. The maximum atomic E-state index is 11.9. The molecule has 0 spiro atoms. The second-order valence-electron chi connectivity index (χ2n) is 4.13. The molecule has 0 aliphatic rings. The van der Waals surface area contributed by atoms with Gasteiger partial charge >= 0.3 is 0 Å². The SMILES string of the molecule is COc1cc(C(=O)C(C)N)cc(OC)c1S(C)(=O)=O. The van der Waals surface area contributed by atoms with Crippen molar-refractivity contribution in [3.8, 4) is 11.5 Å². The van der Waals surface area contributed by atoms with Gasteiger partial charge in [0.1, 0.15) is 11.5 Å². The Morgan fingerprint density at radius 3 is 1.89 bits per heavy atom. The first kappa shape index (κ1) is 15.5. The van der Waals surface area contributed by atoms with Gasteiger partial charge in [-0.25, -0.2) is 8.42 Å². The number of rotatable bonds is 5. The molecule has 7 heteroatoms. The number of ketones is 1. The molecule has 0 aliphatic heterocycles. The highest BCUT2D eigenvalue weighted by Gasteiger charge is 2.24. The summed E-state index contributed by atoms with van der Waals surface area (Å²) in [6.45, 7) is 1.55. The predicted octanol–water partition coefficient (Wildman–Crippen LogP) is 0.637. The van der Waals surface area contributed by atoms with E-state index in [4.69, 9.17) is 15.2 Å². The lowest BCUT2D eigenvalue weighted by molar-refractivity contribution is 0.0967. The predicted molar refractivity (Wildman–Crippen MR) is 70.6 cm³/mol. The standard InChI is InChI=1S/C12H17NO5S/c1-7(13)11(14)8-5-9(17-2)12(19(4,15)16)10(6-8)18-3/h5-7H,13H2,1-4H3. The minimum absolute atomic E-state index is 0.0610. The van der Waals surface area contributed by atoms with Crippen molar-refractivity contribution in [2.45, 2.75) is 17.9 Å². The molecule has 1 rings (SSSR count). The van der Waals surface area contributed by atoms with Crippen molar-refractivity contribution < 1.29 is 22.7 Å². The van der Waals surface area contributed by atoms with Gasteiger partial charge in [0.05, 0.1) is 20.3 Å². The molecule has 0 aromatic heterocycles. The summed E-state index contributed by atoms with van der Waals surface area (Å²) in [4.78, 5) is 11.8. The van der Waals surface area contributed by atoms with Crippen LogP contribution in [-0.4, -0.2) is 40.7 Å². The molecule has 0 fully saturated rings. The van der Waals surface area contributed by atoms with Crippen molar-refractivity contribution in [1.82, 2.24) is 0 Å². The molecule has 0 heterocycles. The molecule has 1 unspecified atom stereocenters. The molecule has 6 nitrogen and oxygen atoms in total. The zero-order valence-corrected chi connectivity index (χ0v) is 12.1. The summed E-state index contributed by atoms with van der Waals surface area (Å²) < 4.78 is 33.5. The van der Waals surface area contributed by atoms with Crippen LogP contribution in [0, 0.1) is 0 Å². The highest BCUT2D eigenvalue weighted by Crippen LogP contribution is 2.34. The summed E-state index contributed by atoms with van der Waals surface area (Å²) >= 11 is 0. The third-order valence-corrected chi connectivity index (χ3v) is 3.67. The van der Waals surface area contributed by atoms with Gasteiger partial charge in [-0.15, -0.1) is 0 Å². The number of nitrogens with two attached hydrogens (primary N) is 1. The Morgan fingerprint density at radius 1 is 1.21 bits per heavy atom. The molecular formula is C12H17NO5S. The van der Waals surface area contributed by atoms with Gasteiger partial charge in [0.25, 0.3) is 0 Å². The van der Waals surface area contributed by atoms with E-state index < -0.39 is 15.9 Å². The molecule has 1 aromatic rings. The van der Waals surface area contributed by atoms with Gasteiger partial charge in [0, 0.05) is 11.8 Å². The first-order valence-electron chi connectivity index (χ1n) is 5.48. The van der Waals surface area contributed by atoms with Gasteiger partial charge in [-0.1, -0.05) is 0 Å². The molecular weight excluding hydrogens is 270 g/mol. The quantitative estimate of drug-likeness (QED) is 0.798. The van der Waals surface area contributed by atoms with E-state index in [0.29, 0.717) is 0 Å². The monoisotopic (exact) mass is 287 g/mol. The zero-order chi connectivity index (χ0) is 14.8. The van der Waals surface area contributed by atoms with Crippen LogP contribution in [0.2, 0.25) is 0 Å². The zero-order valence-electron chi connectivity index (χ0n) is 11.3. The van der Waals surface area contributed by atoms with Crippen molar-refractivity contribution in [1.29, 1.82) is 0 Å². The van der Waals surface area contributed by atoms with Crippen LogP contribution in [0.4, 0.5) is 0 Å². The Bertz CT molecular complexity index is 567. The lowest BCUT2D eigenvalue weighted by atomic mass is 10.1. The Balaban J connectivity index is 3.59. The second-order valence-corrected chi connectivity index (χ2v) is 6.09. The van der Waals surface area contributed by atoms with Gasteiger partial charge in [0.15, 0.2) is 20.5 Å². The smallest absolute Gasteiger partial charge is 0.182 e. The lowest BCUT2D eigenvalue weighted by Gasteiger charge is -2.14. The largest absolute Gasteiger partial charge is 0.495 e. The fraction of sp³-hybridized carbons (Fsp3) is 0.417. The van der Waals surface area contributed by atoms with Crippen LogP contribution in [0.3, 0.4) is 0 Å². The molecule has 0 radical (unpaired) electrons. The van der Waals surface area contributed by atoms with Gasteiger partial charge in [-0.3, -0.25) is 4.79 Å². The topological polar surface area (TPSA) is 95.7 Å². The number of sulfone groups is 1. The summed E-state index contributed by atoms with van der Waals surface area (Å²) in [6.07, 6.45) is 1.04. The highest BCUT2D eigenvalue weighted by molar-refractivity contribution is 7.91. The first-order chi connectivity index (χ1) is 8.72. The van der Waals surface area contributed by atoms with Crippen LogP contribution in [-0.2, 0) is 9.84 Å². The Labute approximate surface area is 112 Å². The van der Waals surface area contributed by atoms with Gasteiger partial charge < -0.3 is 15.2 Å². The summed E-state index contributed by atoms with van der Waals surface area (Å²) in [5, 5.41) is 0. The van der Waals surface area contributed by atoms with Gasteiger partial charge in [0.2, 0.25) is 0 Å². The van der Waals surface area contributed by atoms with E-state index >= 15 is 0 Å². The van der Waals surface area contributed by atoms with Gasteiger partial charge in [-0.2, -0.15) is 0 Å². The van der Waals surface area contributed by atoms with Crippen molar-refractivity contribution in [2.75, 3.05) is 20.5 Å². The average molecular weight is 287 g/mol. The van der Waals surface area contributed by atoms with Crippen LogP contribution in [0.1, 0.15) is 17.3 Å². The molecule has 0 bridgehead atoms. The molecule has 0 amide bonds. The Hall–Kier alpha value is -1.60. The number of Topliss-reactive ketones (excluding diaryl/α,β-unsaturated/α-hetero) is 1. The first-order valence-corrected chi connectivity index (χ1v) is 7.37. The van der Waals surface area contributed by atoms with Crippen LogP contribution in [0.25, 0.3) is 0 Å². The number of ether oxygens (including phenoxy) is 2. The van der Waals surface area contributed by atoms with E-state index in [9.17, 15) is 13.2 Å². The molecule has 2 N–H and O–H groups in total. The summed E-state index contributed by atoms with van der Waals surface area (Å²) in [7, 11) is -0.898.